The molecule has 1 aromatic rings. The third kappa shape index (κ3) is 4.98. The van der Waals surface area contributed by atoms with E-state index in [9.17, 15) is 4.79 Å². The number of hydrogen-bond donors (Lipinski definition) is 2. The van der Waals surface area contributed by atoms with Crippen LogP contribution in [0.2, 0.25) is 0 Å². The van der Waals surface area contributed by atoms with Crippen LogP contribution in [0.4, 0.5) is 4.79 Å². The van der Waals surface area contributed by atoms with Gasteiger partial charge in [-0.05, 0) is 36.5 Å². The number of amides is 2. The molecular weight excluding hydrogens is 320 g/mol. The van der Waals surface area contributed by atoms with E-state index in [0.29, 0.717) is 6.54 Å². The smallest absolute Gasteiger partial charge is 0.318 e. The van der Waals surface area contributed by atoms with Crippen molar-refractivity contribution >= 4 is 22.0 Å². The maximum Gasteiger partial charge on any atom is 0.318 e. The molecule has 0 saturated carbocycles. The molecule has 0 spiro atoms. The average molecular weight is 339 g/mol. The Morgan fingerprint density at radius 3 is 2.80 bits per heavy atom. The highest BCUT2D eigenvalue weighted by Gasteiger charge is 2.06. The van der Waals surface area contributed by atoms with Gasteiger partial charge in [-0.2, -0.15) is 0 Å². The lowest BCUT2D eigenvalue weighted by Crippen LogP contribution is -2.34. The molecule has 4 nitrogen and oxygen atoms in total. The molecule has 1 aromatic carbocycles. The van der Waals surface area contributed by atoms with Crippen molar-refractivity contribution in [2.24, 2.45) is 0 Å². The topological polar surface area (TPSA) is 50.4 Å². The van der Waals surface area contributed by atoms with Crippen molar-refractivity contribution in [2.75, 3.05) is 19.8 Å². The lowest BCUT2D eigenvalue weighted by molar-refractivity contribution is 0.119. The fourth-order valence-electron chi connectivity index (χ4n) is 2.01. The van der Waals surface area contributed by atoms with Crippen LogP contribution < -0.4 is 10.6 Å². The van der Waals surface area contributed by atoms with Crippen molar-refractivity contribution < 1.29 is 9.53 Å². The van der Waals surface area contributed by atoms with Crippen LogP contribution in [-0.2, 0) is 11.2 Å². The molecule has 0 aliphatic carbocycles. The van der Waals surface area contributed by atoms with Crippen LogP contribution >= 0.6 is 15.9 Å². The third-order valence-corrected chi connectivity index (χ3v) is 3.95. The van der Waals surface area contributed by atoms with E-state index in [1.807, 2.05) is 24.3 Å². The molecule has 0 radical (unpaired) electrons. The second-order valence-corrected chi connectivity index (χ2v) is 5.51. The molecule has 1 fully saturated rings. The normalized spacial score (nSPS) is 14.8. The summed E-state index contributed by atoms with van der Waals surface area (Å²) in [7, 11) is 0. The molecule has 1 saturated heterocycles. The van der Waals surface area contributed by atoms with Gasteiger partial charge >= 0.3 is 6.03 Å². The van der Waals surface area contributed by atoms with Crippen LogP contribution in [0.3, 0.4) is 0 Å². The Bertz CT molecular complexity index is 481. The van der Waals surface area contributed by atoms with Gasteiger partial charge in [0.15, 0.2) is 0 Å². The van der Waals surface area contributed by atoms with E-state index in [0.717, 1.165) is 36.9 Å². The van der Waals surface area contributed by atoms with Crippen LogP contribution in [-0.4, -0.2) is 25.8 Å². The molecule has 1 aliphatic heterocycles. The molecule has 0 aromatic heterocycles. The number of urea groups is 1. The molecule has 1 heterocycles. The van der Waals surface area contributed by atoms with Crippen LogP contribution in [0.5, 0.6) is 0 Å². The van der Waals surface area contributed by atoms with Gasteiger partial charge < -0.3 is 15.4 Å². The van der Waals surface area contributed by atoms with E-state index in [1.54, 1.807) is 6.20 Å². The highest BCUT2D eigenvalue weighted by molar-refractivity contribution is 9.10. The summed E-state index contributed by atoms with van der Waals surface area (Å²) in [6, 6.07) is 7.87. The van der Waals surface area contributed by atoms with Gasteiger partial charge in [0.2, 0.25) is 0 Å². The van der Waals surface area contributed by atoms with Gasteiger partial charge in [0.1, 0.15) is 0 Å². The van der Waals surface area contributed by atoms with Crippen LogP contribution in [0.25, 0.3) is 0 Å². The Morgan fingerprint density at radius 1 is 1.30 bits per heavy atom. The van der Waals surface area contributed by atoms with Crippen molar-refractivity contribution in [3.05, 3.63) is 46.1 Å². The van der Waals surface area contributed by atoms with E-state index in [4.69, 9.17) is 4.74 Å². The van der Waals surface area contributed by atoms with Crippen molar-refractivity contribution in [3.63, 3.8) is 0 Å². The van der Waals surface area contributed by atoms with Crippen LogP contribution in [0.15, 0.2) is 40.5 Å². The largest absolute Gasteiger partial charge is 0.381 e. The summed E-state index contributed by atoms with van der Waals surface area (Å²) in [4.78, 5) is 11.7. The van der Waals surface area contributed by atoms with E-state index >= 15 is 0 Å². The maximum atomic E-state index is 11.7. The number of benzene rings is 1. The second-order valence-electron chi connectivity index (χ2n) is 4.66. The molecule has 20 heavy (non-hydrogen) atoms. The summed E-state index contributed by atoms with van der Waals surface area (Å²) in [6.07, 6.45) is 4.41. The van der Waals surface area contributed by atoms with E-state index in [2.05, 4.69) is 26.6 Å². The number of nitrogens with one attached hydrogen (secondary N) is 2. The summed E-state index contributed by atoms with van der Waals surface area (Å²) >= 11 is 3.50. The third-order valence-electron chi connectivity index (χ3n) is 3.18. The molecule has 2 N–H and O–H groups in total. The summed E-state index contributed by atoms with van der Waals surface area (Å²) in [5.74, 6) is 0. The molecule has 2 amide bonds. The first-order chi connectivity index (χ1) is 9.75. The Morgan fingerprint density at radius 2 is 2.05 bits per heavy atom. The van der Waals surface area contributed by atoms with Crippen molar-refractivity contribution in [3.8, 4) is 0 Å². The number of carbonyl (C=O) groups is 1. The van der Waals surface area contributed by atoms with Crippen molar-refractivity contribution in [2.45, 2.75) is 19.3 Å². The van der Waals surface area contributed by atoms with Gasteiger partial charge in [-0.25, -0.2) is 4.79 Å². The first-order valence-corrected chi connectivity index (χ1v) is 7.58. The lowest BCUT2D eigenvalue weighted by atomic mass is 10.1. The van der Waals surface area contributed by atoms with Crippen LogP contribution in [0, 0.1) is 0 Å². The van der Waals surface area contributed by atoms with Crippen LogP contribution in [0.1, 0.15) is 18.4 Å². The predicted molar refractivity (Wildman–Crippen MR) is 82.5 cm³/mol. The highest BCUT2D eigenvalue weighted by atomic mass is 79.9. The Labute approximate surface area is 127 Å². The second kappa shape index (κ2) is 8.07. The Kier molecular flexibility index (Phi) is 6.08. The number of rotatable bonds is 4. The first kappa shape index (κ1) is 15.1. The number of hydrogen-bond acceptors (Lipinski definition) is 2. The van der Waals surface area contributed by atoms with E-state index < -0.39 is 0 Å². The van der Waals surface area contributed by atoms with Gasteiger partial charge in [-0.15, -0.1) is 0 Å². The van der Waals surface area contributed by atoms with Gasteiger partial charge in [0, 0.05) is 17.2 Å². The molecule has 108 valence electrons. The molecule has 5 heteroatoms. The number of ether oxygens (including phenoxy) is 1. The SMILES string of the molecule is O=C(NC=C1CCOCC1)NCCc1ccccc1Br. The van der Waals surface area contributed by atoms with Crippen molar-refractivity contribution in [1.82, 2.24) is 10.6 Å². The van der Waals surface area contributed by atoms with Gasteiger partial charge in [-0.3, -0.25) is 0 Å². The van der Waals surface area contributed by atoms with E-state index in [-0.39, 0.29) is 6.03 Å². The summed E-state index contributed by atoms with van der Waals surface area (Å²) in [5.41, 5.74) is 2.42. The first-order valence-electron chi connectivity index (χ1n) is 6.79. The zero-order valence-electron chi connectivity index (χ0n) is 11.3. The fourth-order valence-corrected chi connectivity index (χ4v) is 2.49. The fraction of sp³-hybridized carbons (Fsp3) is 0.400. The zero-order chi connectivity index (χ0) is 14.2. The summed E-state index contributed by atoms with van der Waals surface area (Å²) in [5, 5.41) is 5.63. The molecule has 1 aliphatic rings. The van der Waals surface area contributed by atoms with Gasteiger partial charge in [-0.1, -0.05) is 34.1 Å². The zero-order valence-corrected chi connectivity index (χ0v) is 12.9. The van der Waals surface area contributed by atoms with Gasteiger partial charge in [0.25, 0.3) is 0 Å². The summed E-state index contributed by atoms with van der Waals surface area (Å²) in [6.45, 7) is 2.11. The molecule has 0 unspecified atom stereocenters. The Hall–Kier alpha value is -1.33. The van der Waals surface area contributed by atoms with E-state index in [1.165, 1.54) is 11.1 Å². The minimum Gasteiger partial charge on any atom is -0.381 e. The summed E-state index contributed by atoms with van der Waals surface area (Å²) < 4.78 is 6.33. The Balaban J connectivity index is 1.69. The van der Waals surface area contributed by atoms with Crippen molar-refractivity contribution in [1.29, 1.82) is 0 Å². The monoisotopic (exact) mass is 338 g/mol. The molecule has 2 rings (SSSR count). The predicted octanol–water partition coefficient (Wildman–Crippen LogP) is 2.99. The number of halogens is 1. The average Bonchev–Trinajstić information content (AvgIpc) is 2.48. The lowest BCUT2D eigenvalue weighted by Gasteiger charge is -2.14. The highest BCUT2D eigenvalue weighted by Crippen LogP contribution is 2.15. The van der Waals surface area contributed by atoms with Gasteiger partial charge in [0.05, 0.1) is 13.2 Å². The standard InChI is InChI=1S/C15H19BrN2O2/c16-14-4-2-1-3-13(14)5-8-17-15(19)18-11-12-6-9-20-10-7-12/h1-4,11H,5-10H2,(H2,17,18,19). The quantitative estimate of drug-likeness (QED) is 0.886. The molecule has 0 atom stereocenters. The molecule has 0 bridgehead atoms. The number of carbonyl (C=O) groups excluding carboxylic acids is 1. The minimum absolute atomic E-state index is 0.156. The maximum absolute atomic E-state index is 11.7. The molecular formula is C15H19BrN2O2. The minimum atomic E-state index is -0.156.